The van der Waals surface area contributed by atoms with Crippen molar-refractivity contribution in [3.05, 3.63) is 118 Å². The molecule has 0 aromatic heterocycles. The number of phenolic OH excluding ortho intramolecular Hbond substituents is 2. The summed E-state index contributed by atoms with van der Waals surface area (Å²) in [7, 11) is 0. The van der Waals surface area contributed by atoms with Gasteiger partial charge in [-0.1, -0.05) is 98.1 Å². The van der Waals surface area contributed by atoms with Gasteiger partial charge in [0, 0.05) is 0 Å². The van der Waals surface area contributed by atoms with E-state index >= 15 is 0 Å². The highest BCUT2D eigenvalue weighted by atomic mass is 32.2. The SMILES string of the molecule is O=C(O)c1ccc(O)c(Sc2c(O)ccc(C(=O)O)c2CCCCCCc2ccccc2)c1CCCCCCc1ccccc1. The topological polar surface area (TPSA) is 115 Å². The lowest BCUT2D eigenvalue weighted by Gasteiger charge is -2.18. The number of unbranched alkanes of at least 4 members (excludes halogenated alkanes) is 6. The average molecular weight is 627 g/mol. The largest absolute Gasteiger partial charge is 0.507 e. The minimum Gasteiger partial charge on any atom is -0.507 e. The third kappa shape index (κ3) is 9.88. The highest BCUT2D eigenvalue weighted by molar-refractivity contribution is 7.99. The van der Waals surface area contributed by atoms with Gasteiger partial charge in [-0.2, -0.15) is 0 Å². The molecule has 0 heterocycles. The second-order valence-electron chi connectivity index (χ2n) is 11.4. The van der Waals surface area contributed by atoms with Crippen molar-refractivity contribution >= 4 is 23.7 Å². The average Bonchev–Trinajstić information content (AvgIpc) is 3.03. The highest BCUT2D eigenvalue weighted by Gasteiger charge is 2.23. The van der Waals surface area contributed by atoms with Gasteiger partial charge < -0.3 is 20.4 Å². The van der Waals surface area contributed by atoms with Gasteiger partial charge in [0.2, 0.25) is 0 Å². The van der Waals surface area contributed by atoms with E-state index in [0.717, 1.165) is 76.0 Å². The van der Waals surface area contributed by atoms with Crippen molar-refractivity contribution in [3.63, 3.8) is 0 Å². The molecule has 0 aliphatic carbocycles. The molecule has 0 bridgehead atoms. The lowest BCUT2D eigenvalue weighted by molar-refractivity contribution is 0.0684. The van der Waals surface area contributed by atoms with Crippen LogP contribution in [0, 0.1) is 0 Å². The lowest BCUT2D eigenvalue weighted by Crippen LogP contribution is -2.06. The Balaban J connectivity index is 1.47. The van der Waals surface area contributed by atoms with Crippen molar-refractivity contribution in [1.29, 1.82) is 0 Å². The second-order valence-corrected chi connectivity index (χ2v) is 12.4. The Hall–Kier alpha value is -4.23. The van der Waals surface area contributed by atoms with Crippen LogP contribution in [0.3, 0.4) is 0 Å². The van der Waals surface area contributed by atoms with Crippen LogP contribution in [-0.4, -0.2) is 32.4 Å². The van der Waals surface area contributed by atoms with Gasteiger partial charge in [0.25, 0.3) is 0 Å². The molecule has 0 unspecified atom stereocenters. The number of aryl methyl sites for hydroxylation is 2. The predicted octanol–water partition coefficient (Wildman–Crippen LogP) is 9.34. The lowest BCUT2D eigenvalue weighted by atomic mass is 9.99. The van der Waals surface area contributed by atoms with Gasteiger partial charge in [-0.3, -0.25) is 0 Å². The third-order valence-corrected chi connectivity index (χ3v) is 9.43. The molecule has 0 aliphatic rings. The summed E-state index contributed by atoms with van der Waals surface area (Å²) in [5.41, 5.74) is 3.80. The smallest absolute Gasteiger partial charge is 0.336 e. The van der Waals surface area contributed by atoms with Crippen molar-refractivity contribution in [3.8, 4) is 11.5 Å². The van der Waals surface area contributed by atoms with Crippen molar-refractivity contribution in [2.24, 2.45) is 0 Å². The van der Waals surface area contributed by atoms with E-state index in [4.69, 9.17) is 0 Å². The number of carboxylic acid groups (broad SMARTS) is 2. The number of aromatic carboxylic acids is 2. The molecule has 4 aromatic carbocycles. The molecule has 4 N–H and O–H groups in total. The van der Waals surface area contributed by atoms with Crippen LogP contribution in [0.15, 0.2) is 94.7 Å². The van der Waals surface area contributed by atoms with Crippen LogP contribution >= 0.6 is 11.8 Å². The van der Waals surface area contributed by atoms with E-state index < -0.39 is 11.9 Å². The van der Waals surface area contributed by atoms with E-state index in [1.54, 1.807) is 0 Å². The number of hydrogen-bond donors (Lipinski definition) is 4. The number of rotatable bonds is 18. The minimum absolute atomic E-state index is 0.0870. The summed E-state index contributed by atoms with van der Waals surface area (Å²) in [4.78, 5) is 25.1. The third-order valence-electron chi connectivity index (χ3n) is 8.11. The maximum absolute atomic E-state index is 12.2. The molecule has 0 amide bonds. The van der Waals surface area contributed by atoms with Gasteiger partial charge in [0.1, 0.15) is 11.5 Å². The van der Waals surface area contributed by atoms with Crippen molar-refractivity contribution in [2.75, 3.05) is 0 Å². The molecule has 0 fully saturated rings. The molecule has 0 atom stereocenters. The minimum atomic E-state index is -1.09. The fourth-order valence-corrected chi connectivity index (χ4v) is 6.94. The van der Waals surface area contributed by atoms with E-state index in [1.807, 2.05) is 36.4 Å². The Bertz CT molecular complexity index is 1440. The molecular formula is C38H42O6S. The number of carboxylic acids is 2. The van der Waals surface area contributed by atoms with Crippen molar-refractivity contribution in [1.82, 2.24) is 0 Å². The maximum Gasteiger partial charge on any atom is 0.336 e. The zero-order chi connectivity index (χ0) is 32.0. The first-order chi connectivity index (χ1) is 21.8. The molecule has 6 nitrogen and oxygen atoms in total. The predicted molar refractivity (Wildman–Crippen MR) is 179 cm³/mol. The molecule has 4 aromatic rings. The first-order valence-corrected chi connectivity index (χ1v) is 16.6. The first-order valence-electron chi connectivity index (χ1n) is 15.8. The molecule has 0 saturated heterocycles. The van der Waals surface area contributed by atoms with Gasteiger partial charge in [-0.05, 0) is 97.9 Å². The van der Waals surface area contributed by atoms with E-state index in [1.165, 1.54) is 35.4 Å². The summed E-state index contributed by atoms with van der Waals surface area (Å²) >= 11 is 1.06. The van der Waals surface area contributed by atoms with E-state index in [-0.39, 0.29) is 22.6 Å². The number of hydrogen-bond acceptors (Lipinski definition) is 5. The van der Waals surface area contributed by atoms with E-state index in [9.17, 15) is 30.0 Å². The molecule has 0 aliphatic heterocycles. The molecule has 0 spiro atoms. The Labute approximate surface area is 269 Å². The van der Waals surface area contributed by atoms with Crippen LogP contribution in [-0.2, 0) is 25.7 Å². The molecule has 236 valence electrons. The Kier molecular flexibility index (Phi) is 12.9. The molecule has 7 heteroatoms. The standard InChI is InChI=1S/C38H42O6S/c39-33-25-23-31(37(41)42)29(21-13-3-1-7-15-27-17-9-5-10-18-27)35(33)45-36-30(32(38(43)44)24-26-34(36)40)22-14-4-2-8-16-28-19-11-6-12-20-28/h5-6,9-12,17-20,23-26,39-40H,1-4,7-8,13-16,21-22H2,(H,41,42)(H,43,44). The van der Waals surface area contributed by atoms with Gasteiger partial charge in [-0.25, -0.2) is 9.59 Å². The molecular weight excluding hydrogens is 584 g/mol. The summed E-state index contributed by atoms with van der Waals surface area (Å²) in [6, 6.07) is 26.2. The summed E-state index contributed by atoms with van der Waals surface area (Å²) in [5.74, 6) is -2.35. The number of carbonyl (C=O) groups is 2. The van der Waals surface area contributed by atoms with Gasteiger partial charge in [0.15, 0.2) is 0 Å². The zero-order valence-corrected chi connectivity index (χ0v) is 26.4. The Morgan fingerprint density at radius 2 is 0.822 bits per heavy atom. The summed E-state index contributed by atoms with van der Waals surface area (Å²) in [6.45, 7) is 0. The maximum atomic E-state index is 12.2. The molecule has 45 heavy (non-hydrogen) atoms. The van der Waals surface area contributed by atoms with Gasteiger partial charge in [-0.15, -0.1) is 0 Å². The van der Waals surface area contributed by atoms with Crippen LogP contribution in [0.25, 0.3) is 0 Å². The fraction of sp³-hybridized carbons (Fsp3) is 0.316. The summed E-state index contributed by atoms with van der Waals surface area (Å²) in [5, 5.41) is 41.8. The van der Waals surface area contributed by atoms with Crippen LogP contribution in [0.2, 0.25) is 0 Å². The van der Waals surface area contributed by atoms with Crippen LogP contribution in [0.5, 0.6) is 11.5 Å². The van der Waals surface area contributed by atoms with Crippen molar-refractivity contribution in [2.45, 2.75) is 86.8 Å². The highest BCUT2D eigenvalue weighted by Crippen LogP contribution is 2.45. The first kappa shape index (κ1) is 33.7. The fourth-order valence-electron chi connectivity index (χ4n) is 5.72. The van der Waals surface area contributed by atoms with Gasteiger partial charge >= 0.3 is 11.9 Å². The second kappa shape index (κ2) is 17.3. The number of aromatic hydroxyl groups is 2. The van der Waals surface area contributed by atoms with Crippen LogP contribution in [0.4, 0.5) is 0 Å². The molecule has 0 radical (unpaired) electrons. The monoisotopic (exact) mass is 626 g/mol. The molecule has 4 rings (SSSR count). The number of phenols is 2. The van der Waals surface area contributed by atoms with E-state index in [0.29, 0.717) is 33.8 Å². The van der Waals surface area contributed by atoms with Crippen LogP contribution in [0.1, 0.15) is 94.3 Å². The molecule has 0 saturated carbocycles. The van der Waals surface area contributed by atoms with E-state index in [2.05, 4.69) is 24.3 Å². The Morgan fingerprint density at radius 3 is 1.18 bits per heavy atom. The van der Waals surface area contributed by atoms with Crippen LogP contribution < -0.4 is 0 Å². The summed E-state index contributed by atoms with van der Waals surface area (Å²) < 4.78 is 0. The quantitative estimate of drug-likeness (QED) is 0.0814. The normalized spacial score (nSPS) is 11.0. The Morgan fingerprint density at radius 1 is 0.467 bits per heavy atom. The van der Waals surface area contributed by atoms with Gasteiger partial charge in [0.05, 0.1) is 20.9 Å². The number of benzene rings is 4. The zero-order valence-electron chi connectivity index (χ0n) is 25.6. The van der Waals surface area contributed by atoms with Crippen molar-refractivity contribution < 1.29 is 30.0 Å². The summed E-state index contributed by atoms with van der Waals surface area (Å²) in [6.07, 6.45) is 10.2.